The maximum Gasteiger partial charge on any atom is 0.279 e. The second kappa shape index (κ2) is 9.20. The number of carbonyl (C=O) groups excluding carboxylic acids is 1. The SMILES string of the molecule is Cc1ccc(S(=O)(=O)N2CC[NH+](CC(=O)Nc3c(Cl)cc(Cl)cc3Cl)CC2)cc1. The summed E-state index contributed by atoms with van der Waals surface area (Å²) in [7, 11) is -3.52. The number of quaternary nitrogens is 1. The monoisotopic (exact) mass is 476 g/mol. The van der Waals surface area contributed by atoms with Gasteiger partial charge in [0.15, 0.2) is 6.54 Å². The summed E-state index contributed by atoms with van der Waals surface area (Å²) in [5.74, 6) is -0.249. The first-order valence-corrected chi connectivity index (χ1v) is 11.6. The topological polar surface area (TPSA) is 70.9 Å². The van der Waals surface area contributed by atoms with E-state index in [1.165, 1.54) is 16.4 Å². The Balaban J connectivity index is 1.57. The average Bonchev–Trinajstić information content (AvgIpc) is 2.65. The van der Waals surface area contributed by atoms with E-state index in [-0.39, 0.29) is 27.4 Å². The fourth-order valence-corrected chi connectivity index (χ4v) is 5.50. The predicted octanol–water partition coefficient (Wildman–Crippen LogP) is 2.48. The maximum absolute atomic E-state index is 12.8. The van der Waals surface area contributed by atoms with Gasteiger partial charge in [0, 0.05) is 5.02 Å². The van der Waals surface area contributed by atoms with Crippen molar-refractivity contribution >= 4 is 56.4 Å². The number of rotatable bonds is 5. The molecule has 1 saturated heterocycles. The van der Waals surface area contributed by atoms with Gasteiger partial charge in [0.2, 0.25) is 10.0 Å². The lowest BCUT2D eigenvalue weighted by atomic mass is 10.2. The van der Waals surface area contributed by atoms with Crippen molar-refractivity contribution in [2.45, 2.75) is 11.8 Å². The summed E-state index contributed by atoms with van der Waals surface area (Å²) in [6.07, 6.45) is 0. The smallest absolute Gasteiger partial charge is 0.279 e. The van der Waals surface area contributed by atoms with Crippen molar-refractivity contribution in [2.24, 2.45) is 0 Å². The van der Waals surface area contributed by atoms with E-state index in [2.05, 4.69) is 5.32 Å². The molecular weight excluding hydrogens is 457 g/mol. The van der Waals surface area contributed by atoms with E-state index >= 15 is 0 Å². The lowest BCUT2D eigenvalue weighted by Crippen LogP contribution is -3.15. The third kappa shape index (κ3) is 5.42. The van der Waals surface area contributed by atoms with E-state index in [4.69, 9.17) is 34.8 Å². The Bertz CT molecular complexity index is 982. The van der Waals surface area contributed by atoms with Gasteiger partial charge in [-0.3, -0.25) is 4.79 Å². The zero-order valence-corrected chi connectivity index (χ0v) is 18.8. The number of anilines is 1. The minimum atomic E-state index is -3.52. The molecule has 0 aromatic heterocycles. The van der Waals surface area contributed by atoms with Gasteiger partial charge >= 0.3 is 0 Å². The Morgan fingerprint density at radius 1 is 1.07 bits per heavy atom. The number of sulfonamides is 1. The summed E-state index contributed by atoms with van der Waals surface area (Å²) in [6.45, 7) is 3.85. The number of piperazine rings is 1. The van der Waals surface area contributed by atoms with Gasteiger partial charge in [0.05, 0.1) is 46.8 Å². The van der Waals surface area contributed by atoms with Gasteiger partial charge in [-0.15, -0.1) is 0 Å². The average molecular weight is 478 g/mol. The van der Waals surface area contributed by atoms with Crippen LogP contribution in [0.25, 0.3) is 0 Å². The molecule has 0 radical (unpaired) electrons. The highest BCUT2D eigenvalue weighted by molar-refractivity contribution is 7.89. The second-order valence-electron chi connectivity index (χ2n) is 6.94. The molecule has 6 nitrogen and oxygen atoms in total. The van der Waals surface area contributed by atoms with Crippen LogP contribution in [0.5, 0.6) is 0 Å². The lowest BCUT2D eigenvalue weighted by molar-refractivity contribution is -0.895. The number of aryl methyl sites for hydroxylation is 1. The molecule has 2 aromatic carbocycles. The lowest BCUT2D eigenvalue weighted by Gasteiger charge is -2.31. The maximum atomic E-state index is 12.8. The standard InChI is InChI=1S/C19H20Cl3N3O3S/c1-13-2-4-15(5-3-13)29(27,28)25-8-6-24(7-9-25)12-18(26)23-19-16(21)10-14(20)11-17(19)22/h2-5,10-11H,6-9,12H2,1H3,(H,23,26)/p+1. The molecule has 3 rings (SSSR count). The number of benzene rings is 2. The first-order valence-electron chi connectivity index (χ1n) is 9.01. The molecule has 0 unspecified atom stereocenters. The first-order chi connectivity index (χ1) is 13.7. The molecule has 2 N–H and O–H groups in total. The van der Waals surface area contributed by atoms with Gasteiger partial charge in [-0.05, 0) is 31.2 Å². The number of nitrogens with one attached hydrogen (secondary N) is 2. The molecule has 1 aliphatic heterocycles. The Hall–Kier alpha value is -1.35. The molecule has 29 heavy (non-hydrogen) atoms. The number of carbonyl (C=O) groups is 1. The van der Waals surface area contributed by atoms with Crippen molar-refractivity contribution in [3.05, 3.63) is 57.0 Å². The van der Waals surface area contributed by atoms with Crippen molar-refractivity contribution in [1.82, 2.24) is 4.31 Å². The van der Waals surface area contributed by atoms with Crippen LogP contribution in [0.15, 0.2) is 41.3 Å². The van der Waals surface area contributed by atoms with E-state index < -0.39 is 10.0 Å². The van der Waals surface area contributed by atoms with Crippen LogP contribution >= 0.6 is 34.8 Å². The molecule has 0 aliphatic carbocycles. The van der Waals surface area contributed by atoms with Gasteiger partial charge in [0.1, 0.15) is 0 Å². The van der Waals surface area contributed by atoms with Gasteiger partial charge in [-0.2, -0.15) is 4.31 Å². The molecular formula is C19H21Cl3N3O3S+. The number of nitrogens with zero attached hydrogens (tertiary/aromatic N) is 1. The van der Waals surface area contributed by atoms with Crippen LogP contribution in [0.3, 0.4) is 0 Å². The third-order valence-electron chi connectivity index (χ3n) is 4.77. The summed E-state index contributed by atoms with van der Waals surface area (Å²) >= 11 is 18.1. The van der Waals surface area contributed by atoms with Crippen molar-refractivity contribution in [3.63, 3.8) is 0 Å². The quantitative estimate of drug-likeness (QED) is 0.695. The van der Waals surface area contributed by atoms with E-state index in [1.807, 2.05) is 6.92 Å². The molecule has 1 heterocycles. The van der Waals surface area contributed by atoms with Gasteiger partial charge in [0.25, 0.3) is 5.91 Å². The van der Waals surface area contributed by atoms with Crippen LogP contribution in [-0.4, -0.2) is 51.4 Å². The van der Waals surface area contributed by atoms with Crippen LogP contribution in [0.4, 0.5) is 5.69 Å². The third-order valence-corrected chi connectivity index (χ3v) is 7.50. The van der Waals surface area contributed by atoms with Crippen molar-refractivity contribution < 1.29 is 18.1 Å². The number of hydrogen-bond acceptors (Lipinski definition) is 3. The molecule has 10 heteroatoms. The van der Waals surface area contributed by atoms with Crippen LogP contribution in [-0.2, 0) is 14.8 Å². The minimum Gasteiger partial charge on any atom is -0.325 e. The van der Waals surface area contributed by atoms with Crippen LogP contribution in [0, 0.1) is 6.92 Å². The Morgan fingerprint density at radius 3 is 2.17 bits per heavy atom. The molecule has 156 valence electrons. The molecule has 0 atom stereocenters. The minimum absolute atomic E-state index is 0.188. The predicted molar refractivity (Wildman–Crippen MR) is 116 cm³/mol. The van der Waals surface area contributed by atoms with Crippen LogP contribution in [0.2, 0.25) is 15.1 Å². The zero-order chi connectivity index (χ0) is 21.2. The van der Waals surface area contributed by atoms with E-state index in [0.717, 1.165) is 10.5 Å². The van der Waals surface area contributed by atoms with E-state index in [0.29, 0.717) is 36.9 Å². The zero-order valence-electron chi connectivity index (χ0n) is 15.7. The molecule has 2 aromatic rings. The van der Waals surface area contributed by atoms with Gasteiger partial charge in [-0.1, -0.05) is 52.5 Å². The Morgan fingerprint density at radius 2 is 1.62 bits per heavy atom. The summed E-state index contributed by atoms with van der Waals surface area (Å²) in [5, 5.41) is 3.62. The van der Waals surface area contributed by atoms with Crippen molar-refractivity contribution in [1.29, 1.82) is 0 Å². The highest BCUT2D eigenvalue weighted by Gasteiger charge is 2.31. The molecule has 1 fully saturated rings. The largest absolute Gasteiger partial charge is 0.325 e. The first kappa shape index (κ1) is 22.3. The second-order valence-corrected chi connectivity index (χ2v) is 10.1. The van der Waals surface area contributed by atoms with Crippen LogP contribution < -0.4 is 10.2 Å². The highest BCUT2D eigenvalue weighted by atomic mass is 35.5. The summed E-state index contributed by atoms with van der Waals surface area (Å²) in [5.41, 5.74) is 1.33. The van der Waals surface area contributed by atoms with Gasteiger partial charge in [-0.25, -0.2) is 8.42 Å². The van der Waals surface area contributed by atoms with E-state index in [9.17, 15) is 13.2 Å². The Kier molecular flexibility index (Phi) is 7.09. The van der Waals surface area contributed by atoms with Crippen molar-refractivity contribution in [2.75, 3.05) is 38.0 Å². The Labute approximate surface area is 185 Å². The van der Waals surface area contributed by atoms with Gasteiger partial charge < -0.3 is 10.2 Å². The summed E-state index contributed by atoms with van der Waals surface area (Å²) in [6, 6.07) is 9.82. The van der Waals surface area contributed by atoms with Crippen molar-refractivity contribution in [3.8, 4) is 0 Å². The fourth-order valence-electron chi connectivity index (χ4n) is 3.15. The molecule has 0 bridgehead atoms. The number of hydrogen-bond donors (Lipinski definition) is 2. The highest BCUT2D eigenvalue weighted by Crippen LogP contribution is 2.33. The molecule has 0 saturated carbocycles. The molecule has 1 amide bonds. The fraction of sp³-hybridized carbons (Fsp3) is 0.316. The summed E-state index contributed by atoms with van der Waals surface area (Å²) < 4.78 is 27.0. The molecule has 0 spiro atoms. The van der Waals surface area contributed by atoms with E-state index in [1.54, 1.807) is 24.3 Å². The number of amides is 1. The van der Waals surface area contributed by atoms with Crippen LogP contribution in [0.1, 0.15) is 5.56 Å². The number of halogens is 3. The normalized spacial score (nSPS) is 16.0. The molecule has 1 aliphatic rings. The summed E-state index contributed by atoms with van der Waals surface area (Å²) in [4.78, 5) is 13.7.